The number of thiazole rings is 1. The fraction of sp³-hybridized carbons (Fsp3) is 0.238. The van der Waals surface area contributed by atoms with Gasteiger partial charge in [-0.15, -0.1) is 11.3 Å². The van der Waals surface area contributed by atoms with E-state index in [1.807, 2.05) is 19.1 Å². The van der Waals surface area contributed by atoms with Crippen LogP contribution >= 0.6 is 22.9 Å². The number of methoxy groups -OCH3 is 2. The van der Waals surface area contributed by atoms with Crippen LogP contribution in [-0.4, -0.2) is 25.1 Å². The summed E-state index contributed by atoms with van der Waals surface area (Å²) in [5.74, 6) is 0.682. The Balaban J connectivity index is 1.87. The minimum atomic E-state index is -0.258. The first-order valence-electron chi connectivity index (χ1n) is 8.76. The monoisotopic (exact) mass is 416 g/mol. The molecule has 0 aliphatic rings. The number of hydrogen-bond donors (Lipinski definition) is 1. The number of rotatable bonds is 6. The van der Waals surface area contributed by atoms with Gasteiger partial charge in [0.1, 0.15) is 21.4 Å². The predicted octanol–water partition coefficient (Wildman–Crippen LogP) is 5.60. The van der Waals surface area contributed by atoms with Crippen LogP contribution in [0.2, 0.25) is 5.02 Å². The Morgan fingerprint density at radius 1 is 1.14 bits per heavy atom. The molecule has 146 valence electrons. The highest BCUT2D eigenvalue weighted by Crippen LogP contribution is 2.37. The SMILES string of the molecule is CCc1ccc(-c2nc(C)c(C(=O)Nc3cc(Cl)c(OC)cc3OC)s2)cc1. The molecule has 0 atom stereocenters. The summed E-state index contributed by atoms with van der Waals surface area (Å²) in [6, 6.07) is 11.5. The van der Waals surface area contributed by atoms with Crippen molar-refractivity contribution in [1.82, 2.24) is 4.98 Å². The second-order valence-corrected chi connectivity index (χ2v) is 7.53. The van der Waals surface area contributed by atoms with Gasteiger partial charge in [0.2, 0.25) is 0 Å². The highest BCUT2D eigenvalue weighted by atomic mass is 35.5. The number of benzene rings is 2. The lowest BCUT2D eigenvalue weighted by atomic mass is 10.1. The minimum Gasteiger partial charge on any atom is -0.495 e. The summed E-state index contributed by atoms with van der Waals surface area (Å²) in [6.07, 6.45) is 0.983. The number of nitrogens with zero attached hydrogens (tertiary/aromatic N) is 1. The van der Waals surface area contributed by atoms with E-state index in [1.165, 1.54) is 31.1 Å². The standard InChI is InChI=1S/C21H21ClN2O3S/c1-5-13-6-8-14(9-7-13)21-23-12(2)19(28-21)20(25)24-16-10-15(22)17(26-3)11-18(16)27-4/h6-11H,5H2,1-4H3,(H,24,25). The van der Waals surface area contributed by atoms with E-state index in [2.05, 4.69) is 29.4 Å². The Kier molecular flexibility index (Phi) is 6.21. The normalized spacial score (nSPS) is 10.6. The van der Waals surface area contributed by atoms with Crippen molar-refractivity contribution in [2.75, 3.05) is 19.5 Å². The van der Waals surface area contributed by atoms with Gasteiger partial charge in [0, 0.05) is 11.6 Å². The average molecular weight is 417 g/mol. The highest BCUT2D eigenvalue weighted by Gasteiger charge is 2.19. The molecule has 2 aromatic carbocycles. The van der Waals surface area contributed by atoms with Crippen LogP contribution in [0.1, 0.15) is 27.9 Å². The molecule has 0 aliphatic carbocycles. The predicted molar refractivity (Wildman–Crippen MR) is 114 cm³/mol. The lowest BCUT2D eigenvalue weighted by molar-refractivity contribution is 0.102. The zero-order chi connectivity index (χ0) is 20.3. The van der Waals surface area contributed by atoms with E-state index in [0.717, 1.165) is 17.0 Å². The molecule has 0 saturated heterocycles. The molecule has 0 radical (unpaired) electrons. The van der Waals surface area contributed by atoms with E-state index in [9.17, 15) is 4.79 Å². The largest absolute Gasteiger partial charge is 0.495 e. The molecule has 0 saturated carbocycles. The molecule has 0 spiro atoms. The lowest BCUT2D eigenvalue weighted by Gasteiger charge is -2.12. The van der Waals surface area contributed by atoms with Crippen LogP contribution in [0.15, 0.2) is 36.4 Å². The molecule has 1 heterocycles. The van der Waals surface area contributed by atoms with Crippen molar-refractivity contribution in [1.29, 1.82) is 0 Å². The van der Waals surface area contributed by atoms with E-state index < -0.39 is 0 Å². The van der Waals surface area contributed by atoms with Gasteiger partial charge in [-0.3, -0.25) is 4.79 Å². The maximum atomic E-state index is 12.8. The fourth-order valence-corrected chi connectivity index (χ4v) is 3.96. The number of amides is 1. The molecular formula is C21H21ClN2O3S. The molecular weight excluding hydrogens is 396 g/mol. The van der Waals surface area contributed by atoms with Crippen molar-refractivity contribution < 1.29 is 14.3 Å². The molecule has 3 aromatic rings. The topological polar surface area (TPSA) is 60.5 Å². The third-order valence-electron chi connectivity index (χ3n) is 4.33. The molecule has 1 amide bonds. The first-order valence-corrected chi connectivity index (χ1v) is 9.95. The zero-order valence-electron chi connectivity index (χ0n) is 16.1. The molecule has 7 heteroatoms. The summed E-state index contributed by atoms with van der Waals surface area (Å²) in [6.45, 7) is 3.94. The van der Waals surface area contributed by atoms with E-state index in [1.54, 1.807) is 12.1 Å². The van der Waals surface area contributed by atoms with Gasteiger partial charge in [-0.2, -0.15) is 0 Å². The maximum absolute atomic E-state index is 12.8. The van der Waals surface area contributed by atoms with Gasteiger partial charge in [0.05, 0.1) is 30.6 Å². The van der Waals surface area contributed by atoms with Gasteiger partial charge in [-0.1, -0.05) is 42.8 Å². The Morgan fingerprint density at radius 2 is 1.82 bits per heavy atom. The second-order valence-electron chi connectivity index (χ2n) is 6.13. The van der Waals surface area contributed by atoms with Gasteiger partial charge in [-0.05, 0) is 25.0 Å². The van der Waals surface area contributed by atoms with E-state index in [0.29, 0.717) is 32.8 Å². The van der Waals surface area contributed by atoms with Crippen LogP contribution in [0.3, 0.4) is 0 Å². The molecule has 1 aromatic heterocycles. The van der Waals surface area contributed by atoms with Crippen molar-refractivity contribution in [3.63, 3.8) is 0 Å². The van der Waals surface area contributed by atoms with Crippen LogP contribution in [0, 0.1) is 6.92 Å². The molecule has 0 bridgehead atoms. The fourth-order valence-electron chi connectivity index (χ4n) is 2.75. The van der Waals surface area contributed by atoms with Crippen molar-refractivity contribution in [3.8, 4) is 22.1 Å². The van der Waals surface area contributed by atoms with E-state index in [4.69, 9.17) is 21.1 Å². The van der Waals surface area contributed by atoms with Crippen LogP contribution in [-0.2, 0) is 6.42 Å². The van der Waals surface area contributed by atoms with Gasteiger partial charge >= 0.3 is 0 Å². The van der Waals surface area contributed by atoms with Crippen molar-refractivity contribution in [3.05, 3.63) is 57.6 Å². The van der Waals surface area contributed by atoms with Crippen molar-refractivity contribution in [2.24, 2.45) is 0 Å². The van der Waals surface area contributed by atoms with Gasteiger partial charge in [0.25, 0.3) is 5.91 Å². The van der Waals surface area contributed by atoms with Crippen LogP contribution < -0.4 is 14.8 Å². The molecule has 28 heavy (non-hydrogen) atoms. The Bertz CT molecular complexity index is 1000. The summed E-state index contributed by atoms with van der Waals surface area (Å²) in [4.78, 5) is 18.0. The number of hydrogen-bond acceptors (Lipinski definition) is 5. The summed E-state index contributed by atoms with van der Waals surface area (Å²) in [7, 11) is 3.04. The molecule has 0 unspecified atom stereocenters. The van der Waals surface area contributed by atoms with Crippen LogP contribution in [0.5, 0.6) is 11.5 Å². The van der Waals surface area contributed by atoms with E-state index >= 15 is 0 Å². The van der Waals surface area contributed by atoms with Crippen LogP contribution in [0.4, 0.5) is 5.69 Å². The number of ether oxygens (including phenoxy) is 2. The number of anilines is 1. The Labute approximate surface area is 173 Å². The molecule has 5 nitrogen and oxygen atoms in total. The number of aromatic nitrogens is 1. The second kappa shape index (κ2) is 8.63. The van der Waals surface area contributed by atoms with Gasteiger partial charge < -0.3 is 14.8 Å². The number of halogens is 1. The Hall–Kier alpha value is -2.57. The minimum absolute atomic E-state index is 0.258. The summed E-state index contributed by atoms with van der Waals surface area (Å²) < 4.78 is 10.5. The van der Waals surface area contributed by atoms with Crippen LogP contribution in [0.25, 0.3) is 10.6 Å². The Morgan fingerprint density at radius 3 is 2.43 bits per heavy atom. The molecule has 0 aliphatic heterocycles. The van der Waals surface area contributed by atoms with Crippen molar-refractivity contribution >= 4 is 34.5 Å². The molecule has 1 N–H and O–H groups in total. The van der Waals surface area contributed by atoms with Crippen molar-refractivity contribution in [2.45, 2.75) is 20.3 Å². The summed E-state index contributed by atoms with van der Waals surface area (Å²) >= 11 is 7.54. The average Bonchev–Trinajstić information content (AvgIpc) is 3.10. The first-order chi connectivity index (χ1) is 13.5. The zero-order valence-corrected chi connectivity index (χ0v) is 17.7. The van der Waals surface area contributed by atoms with Gasteiger partial charge in [-0.25, -0.2) is 4.98 Å². The lowest BCUT2D eigenvalue weighted by Crippen LogP contribution is -2.12. The third-order valence-corrected chi connectivity index (χ3v) is 5.83. The third kappa shape index (κ3) is 4.13. The number of nitrogens with one attached hydrogen (secondary N) is 1. The number of carbonyl (C=O) groups excluding carboxylic acids is 1. The smallest absolute Gasteiger partial charge is 0.267 e. The number of aryl methyl sites for hydroxylation is 2. The summed E-state index contributed by atoms with van der Waals surface area (Å²) in [5, 5.41) is 4.06. The maximum Gasteiger partial charge on any atom is 0.267 e. The molecule has 3 rings (SSSR count). The van der Waals surface area contributed by atoms with E-state index in [-0.39, 0.29) is 5.91 Å². The summed E-state index contributed by atoms with van der Waals surface area (Å²) in [5.41, 5.74) is 3.41. The highest BCUT2D eigenvalue weighted by molar-refractivity contribution is 7.17. The quantitative estimate of drug-likeness (QED) is 0.567. The van der Waals surface area contributed by atoms with Gasteiger partial charge in [0.15, 0.2) is 0 Å². The first kappa shape index (κ1) is 20.2. The molecule has 0 fully saturated rings. The number of carbonyl (C=O) groups is 1.